The van der Waals surface area contributed by atoms with Crippen LogP contribution in [0.2, 0.25) is 0 Å². The van der Waals surface area contributed by atoms with Crippen LogP contribution in [0.3, 0.4) is 0 Å². The zero-order valence-electron chi connectivity index (χ0n) is 23.3. The van der Waals surface area contributed by atoms with Crippen LogP contribution in [-0.2, 0) is 18.4 Å². The van der Waals surface area contributed by atoms with E-state index in [1.165, 1.54) is 42.4 Å². The second-order valence-corrected chi connectivity index (χ2v) is 12.3. The molecule has 1 saturated carbocycles. The number of piperidine rings is 1. The number of aromatic nitrogens is 2. The Hall–Kier alpha value is -3.26. The Bertz CT molecular complexity index is 1340. The number of nitrogens with zero attached hydrogens (tertiary/aromatic N) is 4. The first-order valence-corrected chi connectivity index (χ1v) is 15.1. The van der Waals surface area contributed by atoms with Gasteiger partial charge in [-0.15, -0.1) is 0 Å². The third kappa shape index (κ3) is 5.92. The molecule has 2 N–H and O–H groups in total. The van der Waals surface area contributed by atoms with Gasteiger partial charge in [0, 0.05) is 44.2 Å². The number of hydrogen-bond acceptors (Lipinski definition) is 5. The lowest BCUT2D eigenvalue weighted by Gasteiger charge is -2.34. The predicted molar refractivity (Wildman–Crippen MR) is 165 cm³/mol. The molecule has 0 radical (unpaired) electrons. The summed E-state index contributed by atoms with van der Waals surface area (Å²) in [7, 11) is 0. The Morgan fingerprint density at radius 1 is 0.975 bits per heavy atom. The van der Waals surface area contributed by atoms with Crippen LogP contribution in [0.15, 0.2) is 54.6 Å². The lowest BCUT2D eigenvalue weighted by atomic mass is 9.79. The van der Waals surface area contributed by atoms with Crippen molar-refractivity contribution in [2.24, 2.45) is 5.92 Å². The van der Waals surface area contributed by atoms with E-state index in [0.29, 0.717) is 23.5 Å². The monoisotopic (exact) mass is 558 g/mol. The lowest BCUT2D eigenvalue weighted by Crippen LogP contribution is -2.41. The zero-order chi connectivity index (χ0) is 27.5. The maximum atomic E-state index is 13.6. The van der Waals surface area contributed by atoms with Gasteiger partial charge in [-0.2, -0.15) is 9.97 Å². The van der Waals surface area contributed by atoms with Crippen LogP contribution in [0.4, 0.5) is 22.0 Å². The van der Waals surface area contributed by atoms with Crippen molar-refractivity contribution in [2.45, 2.75) is 63.8 Å². The van der Waals surface area contributed by atoms with Crippen molar-refractivity contribution in [2.75, 3.05) is 41.3 Å². The molecule has 0 amide bonds. The van der Waals surface area contributed by atoms with Gasteiger partial charge in [-0.3, -0.25) is 0 Å². The predicted octanol–water partition coefficient (Wildman–Crippen LogP) is 6.21. The highest BCUT2D eigenvalue weighted by atomic mass is 32.1. The minimum atomic E-state index is -0.199. The van der Waals surface area contributed by atoms with Crippen molar-refractivity contribution in [1.29, 1.82) is 0 Å². The Balaban J connectivity index is 1.21. The van der Waals surface area contributed by atoms with Crippen molar-refractivity contribution in [3.63, 3.8) is 0 Å². The highest BCUT2D eigenvalue weighted by molar-refractivity contribution is 7.80. The SMILES string of the molecule is CC1CCCN(c2cc(N3CCc4ccccc4C3)nc(NC(=S)NCC3(c4ccc(F)cc4)CCCC3)n2)C1. The molecule has 6 nitrogen and oxygen atoms in total. The molecule has 3 aromatic rings. The fourth-order valence-electron chi connectivity index (χ4n) is 6.71. The summed E-state index contributed by atoms with van der Waals surface area (Å²) in [6.07, 6.45) is 7.90. The molecule has 1 unspecified atom stereocenters. The van der Waals surface area contributed by atoms with Crippen LogP contribution in [0.25, 0.3) is 0 Å². The van der Waals surface area contributed by atoms with E-state index in [1.807, 2.05) is 12.1 Å². The van der Waals surface area contributed by atoms with Gasteiger partial charge in [0.05, 0.1) is 0 Å². The van der Waals surface area contributed by atoms with Gasteiger partial charge < -0.3 is 20.4 Å². The van der Waals surface area contributed by atoms with Gasteiger partial charge in [0.2, 0.25) is 5.95 Å². The molecule has 1 aromatic heterocycles. The fourth-order valence-corrected chi connectivity index (χ4v) is 6.87. The highest BCUT2D eigenvalue weighted by Gasteiger charge is 2.35. The molecule has 1 saturated heterocycles. The van der Waals surface area contributed by atoms with Crippen molar-refractivity contribution in [3.05, 3.63) is 77.1 Å². The summed E-state index contributed by atoms with van der Waals surface area (Å²) >= 11 is 5.77. The van der Waals surface area contributed by atoms with Crippen LogP contribution in [0.1, 0.15) is 62.1 Å². The van der Waals surface area contributed by atoms with E-state index >= 15 is 0 Å². The molecular formula is C32H39FN6S. The van der Waals surface area contributed by atoms with Crippen molar-refractivity contribution in [3.8, 4) is 0 Å². The topological polar surface area (TPSA) is 56.3 Å². The van der Waals surface area contributed by atoms with E-state index in [9.17, 15) is 4.39 Å². The third-order valence-electron chi connectivity index (χ3n) is 8.96. The van der Waals surface area contributed by atoms with E-state index in [1.54, 1.807) is 12.1 Å². The van der Waals surface area contributed by atoms with Gasteiger partial charge in [-0.05, 0) is 79.1 Å². The average Bonchev–Trinajstić information content (AvgIpc) is 3.46. The Labute approximate surface area is 242 Å². The lowest BCUT2D eigenvalue weighted by molar-refractivity contribution is 0.434. The molecule has 1 atom stereocenters. The third-order valence-corrected chi connectivity index (χ3v) is 9.21. The summed E-state index contributed by atoms with van der Waals surface area (Å²) in [5.41, 5.74) is 3.91. The fraction of sp³-hybridized carbons (Fsp3) is 0.469. The van der Waals surface area contributed by atoms with Gasteiger partial charge in [0.15, 0.2) is 5.11 Å². The first kappa shape index (κ1) is 26.9. The molecule has 3 heterocycles. The van der Waals surface area contributed by atoms with Crippen LogP contribution >= 0.6 is 12.2 Å². The molecule has 2 aromatic carbocycles. The maximum Gasteiger partial charge on any atom is 0.232 e. The van der Waals surface area contributed by atoms with Gasteiger partial charge in [0.1, 0.15) is 17.5 Å². The number of thiocarbonyl (C=S) groups is 1. The molecule has 1 aliphatic carbocycles. The van der Waals surface area contributed by atoms with E-state index in [-0.39, 0.29) is 11.2 Å². The largest absolute Gasteiger partial charge is 0.361 e. The maximum absolute atomic E-state index is 13.6. The van der Waals surface area contributed by atoms with Crippen molar-refractivity contribution < 1.29 is 4.39 Å². The molecule has 2 fully saturated rings. The van der Waals surface area contributed by atoms with Crippen LogP contribution < -0.4 is 20.4 Å². The number of nitrogens with one attached hydrogen (secondary N) is 2. The summed E-state index contributed by atoms with van der Waals surface area (Å²) in [5, 5.41) is 7.30. The van der Waals surface area contributed by atoms with Crippen molar-refractivity contribution >= 4 is 34.9 Å². The molecule has 210 valence electrons. The standard InChI is InChI=1S/C32H39FN6S/c1-23-7-6-17-38(20-23)28-19-29(39-18-14-24-8-2-3-9-25(24)21-39)36-30(35-28)37-31(40)34-22-32(15-4-5-16-32)26-10-12-27(33)13-11-26/h2-3,8-13,19,23H,4-7,14-18,20-22H2,1H3,(H2,34,35,36,37,40). The van der Waals surface area contributed by atoms with E-state index in [2.05, 4.69) is 57.7 Å². The van der Waals surface area contributed by atoms with Gasteiger partial charge in [-0.1, -0.05) is 56.2 Å². The molecule has 40 heavy (non-hydrogen) atoms. The smallest absolute Gasteiger partial charge is 0.232 e. The minimum absolute atomic E-state index is 0.0432. The summed E-state index contributed by atoms with van der Waals surface area (Å²) in [5.74, 6) is 2.86. The number of hydrogen-bond donors (Lipinski definition) is 2. The van der Waals surface area contributed by atoms with E-state index < -0.39 is 0 Å². The van der Waals surface area contributed by atoms with E-state index in [0.717, 1.165) is 57.1 Å². The first-order valence-electron chi connectivity index (χ1n) is 14.7. The number of halogens is 1. The molecule has 6 rings (SSSR count). The first-order chi connectivity index (χ1) is 19.5. The zero-order valence-corrected chi connectivity index (χ0v) is 24.2. The normalized spacial score (nSPS) is 20.2. The summed E-state index contributed by atoms with van der Waals surface area (Å²) < 4.78 is 13.6. The second kappa shape index (κ2) is 11.7. The quantitative estimate of drug-likeness (QED) is 0.349. The van der Waals surface area contributed by atoms with Gasteiger partial charge >= 0.3 is 0 Å². The number of benzene rings is 2. The van der Waals surface area contributed by atoms with Gasteiger partial charge in [0.25, 0.3) is 0 Å². The molecule has 8 heteroatoms. The van der Waals surface area contributed by atoms with Crippen LogP contribution in [0.5, 0.6) is 0 Å². The second-order valence-electron chi connectivity index (χ2n) is 11.8. The van der Waals surface area contributed by atoms with Crippen LogP contribution in [-0.4, -0.2) is 41.3 Å². The summed E-state index contributed by atoms with van der Waals surface area (Å²) in [6.45, 7) is 6.78. The Morgan fingerprint density at radius 2 is 1.70 bits per heavy atom. The summed E-state index contributed by atoms with van der Waals surface area (Å²) in [6, 6.07) is 17.8. The summed E-state index contributed by atoms with van der Waals surface area (Å²) in [4.78, 5) is 14.6. The molecule has 0 spiro atoms. The molecule has 3 aliphatic rings. The number of fused-ring (bicyclic) bond motifs is 1. The Morgan fingerprint density at radius 3 is 2.45 bits per heavy atom. The molecule has 2 aliphatic heterocycles. The molecule has 0 bridgehead atoms. The minimum Gasteiger partial charge on any atom is -0.361 e. The number of anilines is 3. The van der Waals surface area contributed by atoms with Crippen LogP contribution in [0, 0.1) is 11.7 Å². The van der Waals surface area contributed by atoms with Gasteiger partial charge in [-0.25, -0.2) is 4.39 Å². The Kier molecular flexibility index (Phi) is 7.87. The van der Waals surface area contributed by atoms with Crippen molar-refractivity contribution in [1.82, 2.24) is 15.3 Å². The highest BCUT2D eigenvalue weighted by Crippen LogP contribution is 2.40. The molecular weight excluding hydrogens is 519 g/mol. The van der Waals surface area contributed by atoms with E-state index in [4.69, 9.17) is 22.2 Å². The number of rotatable bonds is 6. The average molecular weight is 559 g/mol.